The largest absolute Gasteiger partial charge is 0.455 e. The van der Waals surface area contributed by atoms with Crippen molar-refractivity contribution < 1.29 is 14.3 Å². The second kappa shape index (κ2) is 9.06. The van der Waals surface area contributed by atoms with Crippen LogP contribution in [0.15, 0.2) is 72.8 Å². The Hall–Kier alpha value is -3.60. The summed E-state index contributed by atoms with van der Waals surface area (Å²) in [7, 11) is 0. The maximum atomic E-state index is 12.8. The lowest BCUT2D eigenvalue weighted by Gasteiger charge is -2.24. The summed E-state index contributed by atoms with van der Waals surface area (Å²) in [6.07, 6.45) is 0. The fourth-order valence-electron chi connectivity index (χ4n) is 3.19. The molecule has 0 aromatic heterocycles. The molecule has 0 radical (unpaired) electrons. The summed E-state index contributed by atoms with van der Waals surface area (Å²) in [5.74, 6) is 0.724. The van der Waals surface area contributed by atoms with E-state index in [1.165, 1.54) is 11.8 Å². The molecular weight excluding hydrogens is 364 g/mol. The molecule has 2 amide bonds. The highest BCUT2D eigenvalue weighted by atomic mass is 16.5. The van der Waals surface area contributed by atoms with Crippen LogP contribution in [0.2, 0.25) is 0 Å². The minimum absolute atomic E-state index is 0.0826. The molecule has 0 fully saturated rings. The molecule has 3 rings (SSSR count). The number of hydrogen-bond donors (Lipinski definition) is 1. The third-order valence-corrected chi connectivity index (χ3v) is 4.52. The van der Waals surface area contributed by atoms with Gasteiger partial charge < -0.3 is 15.0 Å². The van der Waals surface area contributed by atoms with Crippen LogP contribution in [0.3, 0.4) is 0 Å². The van der Waals surface area contributed by atoms with E-state index in [0.717, 1.165) is 16.8 Å². The zero-order valence-electron chi connectivity index (χ0n) is 16.8. The van der Waals surface area contributed by atoms with Crippen LogP contribution in [-0.4, -0.2) is 18.4 Å². The second-order valence-electron chi connectivity index (χ2n) is 6.81. The number of ether oxygens (including phenoxy) is 1. The molecule has 0 aliphatic carbocycles. The highest BCUT2D eigenvalue weighted by molar-refractivity contribution is 6.03. The Balaban J connectivity index is 1.79. The van der Waals surface area contributed by atoms with Gasteiger partial charge in [-0.1, -0.05) is 48.5 Å². The van der Waals surface area contributed by atoms with Crippen LogP contribution >= 0.6 is 0 Å². The topological polar surface area (TPSA) is 58.6 Å². The van der Waals surface area contributed by atoms with Gasteiger partial charge in [0.2, 0.25) is 11.8 Å². The van der Waals surface area contributed by atoms with E-state index in [9.17, 15) is 9.59 Å². The summed E-state index contributed by atoms with van der Waals surface area (Å²) in [5.41, 5.74) is 3.21. The van der Waals surface area contributed by atoms with Crippen molar-refractivity contribution in [1.82, 2.24) is 0 Å². The summed E-state index contributed by atoms with van der Waals surface area (Å²) in [5, 5.41) is 2.87. The van der Waals surface area contributed by atoms with Crippen molar-refractivity contribution in [3.8, 4) is 11.5 Å². The molecule has 29 heavy (non-hydrogen) atoms. The van der Waals surface area contributed by atoms with Crippen LogP contribution < -0.4 is 15.0 Å². The van der Waals surface area contributed by atoms with E-state index < -0.39 is 0 Å². The average Bonchev–Trinajstić information content (AvgIpc) is 2.69. The number of hydrogen-bond acceptors (Lipinski definition) is 3. The highest BCUT2D eigenvalue weighted by Crippen LogP contribution is 2.29. The zero-order chi connectivity index (χ0) is 20.8. The van der Waals surface area contributed by atoms with Gasteiger partial charge in [-0.15, -0.1) is 0 Å². The Bertz CT molecular complexity index is 995. The lowest BCUT2D eigenvalue weighted by molar-refractivity contribution is -0.120. The number of nitrogens with zero attached hydrogens (tertiary/aromatic N) is 1. The molecule has 5 nitrogen and oxygen atoms in total. The van der Waals surface area contributed by atoms with Crippen LogP contribution in [0.4, 0.5) is 11.4 Å². The van der Waals surface area contributed by atoms with Crippen molar-refractivity contribution in [3.05, 3.63) is 83.9 Å². The predicted molar refractivity (Wildman–Crippen MR) is 116 cm³/mol. The van der Waals surface area contributed by atoms with Gasteiger partial charge in [0.1, 0.15) is 12.3 Å². The smallest absolute Gasteiger partial charge is 0.244 e. The molecule has 5 heteroatoms. The Morgan fingerprint density at radius 1 is 0.862 bits per heavy atom. The normalized spacial score (nSPS) is 10.3. The summed E-state index contributed by atoms with van der Waals surface area (Å²) in [4.78, 5) is 26.5. The Morgan fingerprint density at radius 3 is 2.14 bits per heavy atom. The molecule has 0 heterocycles. The maximum absolute atomic E-state index is 12.8. The third kappa shape index (κ3) is 5.02. The van der Waals surface area contributed by atoms with Crippen molar-refractivity contribution in [1.29, 1.82) is 0 Å². The summed E-state index contributed by atoms with van der Waals surface area (Å²) >= 11 is 0. The van der Waals surface area contributed by atoms with E-state index in [1.54, 1.807) is 12.1 Å². The number of aryl methyl sites for hydroxylation is 2. The standard InChI is InChI=1S/C24H24N2O3/c1-17-10-9-11-18(2)24(17)26(19(3)27)16-23(28)25-21-14-7-8-15-22(21)29-20-12-5-4-6-13-20/h4-15H,16H2,1-3H3,(H,25,28). The van der Waals surface area contributed by atoms with Crippen molar-refractivity contribution >= 4 is 23.2 Å². The molecule has 0 saturated heterocycles. The van der Waals surface area contributed by atoms with Gasteiger partial charge in [-0.25, -0.2) is 0 Å². The van der Waals surface area contributed by atoms with E-state index in [1.807, 2.05) is 74.5 Å². The molecule has 0 saturated carbocycles. The minimum atomic E-state index is -0.299. The van der Waals surface area contributed by atoms with E-state index in [0.29, 0.717) is 17.2 Å². The second-order valence-corrected chi connectivity index (χ2v) is 6.81. The summed E-state index contributed by atoms with van der Waals surface area (Å²) in [6.45, 7) is 5.24. The van der Waals surface area contributed by atoms with E-state index >= 15 is 0 Å². The highest BCUT2D eigenvalue weighted by Gasteiger charge is 2.20. The number of rotatable bonds is 6. The van der Waals surface area contributed by atoms with Gasteiger partial charge in [0.25, 0.3) is 0 Å². The molecule has 148 valence electrons. The lowest BCUT2D eigenvalue weighted by Crippen LogP contribution is -2.37. The fraction of sp³-hybridized carbons (Fsp3) is 0.167. The van der Waals surface area contributed by atoms with Crippen molar-refractivity contribution in [2.24, 2.45) is 0 Å². The van der Waals surface area contributed by atoms with Gasteiger partial charge in [-0.05, 0) is 49.2 Å². The first-order valence-electron chi connectivity index (χ1n) is 9.42. The van der Waals surface area contributed by atoms with Crippen LogP contribution in [0, 0.1) is 13.8 Å². The number of nitrogens with one attached hydrogen (secondary N) is 1. The Morgan fingerprint density at radius 2 is 1.48 bits per heavy atom. The van der Waals surface area contributed by atoms with Gasteiger partial charge in [0.15, 0.2) is 5.75 Å². The van der Waals surface area contributed by atoms with Crippen molar-refractivity contribution in [2.75, 3.05) is 16.8 Å². The first-order chi connectivity index (χ1) is 14.0. The zero-order valence-corrected chi connectivity index (χ0v) is 16.8. The Labute approximate surface area is 170 Å². The van der Waals surface area contributed by atoms with E-state index in [2.05, 4.69) is 5.32 Å². The van der Waals surface area contributed by atoms with Crippen LogP contribution in [0.1, 0.15) is 18.1 Å². The van der Waals surface area contributed by atoms with Crippen LogP contribution in [-0.2, 0) is 9.59 Å². The molecule has 0 aliphatic rings. The van der Waals surface area contributed by atoms with Gasteiger partial charge in [0, 0.05) is 6.92 Å². The van der Waals surface area contributed by atoms with Gasteiger partial charge >= 0.3 is 0 Å². The number of para-hydroxylation sites is 4. The lowest BCUT2D eigenvalue weighted by atomic mass is 10.1. The summed E-state index contributed by atoms with van der Waals surface area (Å²) in [6, 6.07) is 22.4. The van der Waals surface area contributed by atoms with Gasteiger partial charge in [-0.3, -0.25) is 9.59 Å². The molecule has 0 atom stereocenters. The minimum Gasteiger partial charge on any atom is -0.455 e. The van der Waals surface area contributed by atoms with E-state index in [-0.39, 0.29) is 18.4 Å². The van der Waals surface area contributed by atoms with E-state index in [4.69, 9.17) is 4.74 Å². The van der Waals surface area contributed by atoms with Gasteiger partial charge in [0.05, 0.1) is 11.4 Å². The summed E-state index contributed by atoms with van der Waals surface area (Å²) < 4.78 is 5.89. The van der Waals surface area contributed by atoms with Crippen molar-refractivity contribution in [3.63, 3.8) is 0 Å². The predicted octanol–water partition coefficient (Wildman–Crippen LogP) is 5.09. The first kappa shape index (κ1) is 20.1. The number of anilines is 2. The quantitative estimate of drug-likeness (QED) is 0.640. The number of carbonyl (C=O) groups excluding carboxylic acids is 2. The Kier molecular flexibility index (Phi) is 6.29. The molecule has 0 unspecified atom stereocenters. The number of carbonyl (C=O) groups is 2. The molecule has 0 spiro atoms. The fourth-order valence-corrected chi connectivity index (χ4v) is 3.19. The molecule has 3 aromatic carbocycles. The van der Waals surface area contributed by atoms with Crippen molar-refractivity contribution in [2.45, 2.75) is 20.8 Å². The molecule has 0 aliphatic heterocycles. The molecule has 3 aromatic rings. The third-order valence-electron chi connectivity index (χ3n) is 4.52. The monoisotopic (exact) mass is 388 g/mol. The maximum Gasteiger partial charge on any atom is 0.244 e. The van der Waals surface area contributed by atoms with Gasteiger partial charge in [-0.2, -0.15) is 0 Å². The molecular formula is C24H24N2O3. The number of amides is 2. The first-order valence-corrected chi connectivity index (χ1v) is 9.42. The number of benzene rings is 3. The average molecular weight is 388 g/mol. The van der Waals surface area contributed by atoms with Crippen LogP contribution in [0.25, 0.3) is 0 Å². The SMILES string of the molecule is CC(=O)N(CC(=O)Nc1ccccc1Oc1ccccc1)c1c(C)cccc1C. The molecule has 0 bridgehead atoms. The van der Waals surface area contributed by atoms with Crippen LogP contribution in [0.5, 0.6) is 11.5 Å². The molecule has 1 N–H and O–H groups in total.